The van der Waals surface area contributed by atoms with Gasteiger partial charge in [-0.1, -0.05) is 57.7 Å². The van der Waals surface area contributed by atoms with Crippen LogP contribution in [0.1, 0.15) is 73.3 Å². The van der Waals surface area contributed by atoms with Crippen LogP contribution in [0.15, 0.2) is 59.7 Å². The van der Waals surface area contributed by atoms with Crippen LogP contribution in [-0.2, 0) is 38.1 Å². The Kier molecular flexibility index (Phi) is 9.59. The number of aliphatic hydroxyl groups is 1. The van der Waals surface area contributed by atoms with Crippen molar-refractivity contribution in [1.82, 2.24) is 0 Å². The molecule has 1 aromatic carbocycles. The highest BCUT2D eigenvalue weighted by Gasteiger charge is 2.63. The molecule has 9 nitrogen and oxygen atoms in total. The topological polar surface area (TPSA) is 125 Å². The van der Waals surface area contributed by atoms with Gasteiger partial charge in [0, 0.05) is 38.2 Å². The Hall–Kier alpha value is -3.72. The van der Waals surface area contributed by atoms with E-state index in [0.717, 1.165) is 5.56 Å². The van der Waals surface area contributed by atoms with Crippen LogP contribution in [0, 0.1) is 22.7 Å². The van der Waals surface area contributed by atoms with Crippen LogP contribution in [0.5, 0.6) is 0 Å². The molecule has 0 amide bonds. The van der Waals surface area contributed by atoms with Crippen LogP contribution >= 0.6 is 0 Å². The normalized spacial score (nSPS) is 33.0. The van der Waals surface area contributed by atoms with E-state index >= 15 is 0 Å². The fourth-order valence-electron chi connectivity index (χ4n) is 7.86. The quantitative estimate of drug-likeness (QED) is 0.203. The number of hydrogen-bond donors (Lipinski definition) is 1. The smallest absolute Gasteiger partial charge is 0.331 e. The molecule has 1 aromatic rings. The maximum Gasteiger partial charge on any atom is 0.331 e. The summed E-state index contributed by atoms with van der Waals surface area (Å²) in [6, 6.07) is 9.36. The molecule has 0 spiro atoms. The van der Waals surface area contributed by atoms with Gasteiger partial charge in [0.05, 0.1) is 6.10 Å². The van der Waals surface area contributed by atoms with E-state index in [2.05, 4.69) is 6.58 Å². The summed E-state index contributed by atoms with van der Waals surface area (Å²) in [5.74, 6) is -3.38. The Morgan fingerprint density at radius 1 is 0.909 bits per heavy atom. The van der Waals surface area contributed by atoms with Gasteiger partial charge in [-0.15, -0.1) is 0 Å². The molecular formula is C35H44O9. The van der Waals surface area contributed by atoms with Crippen LogP contribution in [0.4, 0.5) is 0 Å². The second-order valence-corrected chi connectivity index (χ2v) is 13.1. The predicted octanol–water partition coefficient (Wildman–Crippen LogP) is 5.12. The van der Waals surface area contributed by atoms with Gasteiger partial charge < -0.3 is 24.1 Å². The minimum Gasteiger partial charge on any atom is -0.458 e. The largest absolute Gasteiger partial charge is 0.458 e. The Balaban J connectivity index is 1.81. The van der Waals surface area contributed by atoms with E-state index in [9.17, 15) is 24.3 Å². The molecule has 5 unspecified atom stereocenters. The number of carbonyl (C=O) groups is 4. The monoisotopic (exact) mass is 608 g/mol. The minimum atomic E-state index is -1.05. The van der Waals surface area contributed by atoms with Gasteiger partial charge in [0.1, 0.15) is 18.3 Å². The number of ether oxygens (including phenoxy) is 4. The third-order valence-corrected chi connectivity index (χ3v) is 9.79. The zero-order chi connectivity index (χ0) is 32.6. The first-order valence-corrected chi connectivity index (χ1v) is 15.1. The van der Waals surface area contributed by atoms with Crippen LogP contribution in [-0.4, -0.2) is 59.5 Å². The van der Waals surface area contributed by atoms with Crippen molar-refractivity contribution < 1.29 is 43.2 Å². The third kappa shape index (κ3) is 6.39. The van der Waals surface area contributed by atoms with Crippen molar-refractivity contribution in [3.05, 3.63) is 65.3 Å². The van der Waals surface area contributed by atoms with E-state index in [1.54, 1.807) is 6.08 Å². The van der Waals surface area contributed by atoms with Crippen molar-refractivity contribution >= 4 is 30.0 Å². The molecule has 3 aliphatic rings. The lowest BCUT2D eigenvalue weighted by Crippen LogP contribution is -2.63. The summed E-state index contributed by atoms with van der Waals surface area (Å²) < 4.78 is 23.7. The second-order valence-electron chi connectivity index (χ2n) is 13.1. The molecule has 2 fully saturated rings. The van der Waals surface area contributed by atoms with Crippen molar-refractivity contribution in [2.75, 3.05) is 0 Å². The summed E-state index contributed by atoms with van der Waals surface area (Å²) in [5, 5.41) is 12.3. The summed E-state index contributed by atoms with van der Waals surface area (Å²) in [4.78, 5) is 50.3. The zero-order valence-electron chi connectivity index (χ0n) is 26.6. The van der Waals surface area contributed by atoms with Gasteiger partial charge in [0.15, 0.2) is 6.10 Å². The highest BCUT2D eigenvalue weighted by molar-refractivity contribution is 5.87. The third-order valence-electron chi connectivity index (χ3n) is 9.79. The van der Waals surface area contributed by atoms with Crippen LogP contribution in [0.2, 0.25) is 0 Å². The first kappa shape index (κ1) is 33.2. The molecule has 44 heavy (non-hydrogen) atoms. The standard InChI is InChI=1S/C35H44O9/c1-19-26(44-28(39)15-14-24-12-10-9-11-13-24)16-17-35(8)29(19)31(40)25-18-27(41-21(3)36)20(2)30(34(25,6)7)32(42-22(4)37)33(35)43-23(5)38/h9-15,25-27,29,31-33,40H,1,16-18H2,2-8H3/t25-,26?,27?,29-,31?,32?,33?,35-/m1/s1. The van der Waals surface area contributed by atoms with Gasteiger partial charge >= 0.3 is 23.9 Å². The molecule has 0 radical (unpaired) electrons. The predicted molar refractivity (Wildman–Crippen MR) is 163 cm³/mol. The average Bonchev–Trinajstić information content (AvgIpc) is 2.92. The molecule has 3 aliphatic carbocycles. The number of aliphatic hydroxyl groups excluding tert-OH is 1. The number of rotatable bonds is 6. The molecule has 0 aliphatic heterocycles. The van der Waals surface area contributed by atoms with E-state index in [1.807, 2.05) is 58.0 Å². The summed E-state index contributed by atoms with van der Waals surface area (Å²) in [6.07, 6.45) is -0.427. The molecule has 8 atom stereocenters. The van der Waals surface area contributed by atoms with Gasteiger partial charge in [0.25, 0.3) is 0 Å². The van der Waals surface area contributed by atoms with Crippen LogP contribution in [0.3, 0.4) is 0 Å². The number of hydrogen-bond acceptors (Lipinski definition) is 9. The highest BCUT2D eigenvalue weighted by Crippen LogP contribution is 2.60. The lowest BCUT2D eigenvalue weighted by Gasteiger charge is -2.59. The molecular weight excluding hydrogens is 564 g/mol. The Morgan fingerprint density at radius 2 is 1.52 bits per heavy atom. The fourth-order valence-corrected chi connectivity index (χ4v) is 7.86. The summed E-state index contributed by atoms with van der Waals surface area (Å²) in [5.41, 5.74) is 0.955. The zero-order valence-corrected chi connectivity index (χ0v) is 26.6. The maximum atomic E-state index is 12.9. The molecule has 4 rings (SSSR count). The molecule has 1 N–H and O–H groups in total. The van der Waals surface area contributed by atoms with E-state index in [0.29, 0.717) is 36.0 Å². The summed E-state index contributed by atoms with van der Waals surface area (Å²) in [6.45, 7) is 15.9. The Labute approximate surface area is 259 Å². The summed E-state index contributed by atoms with van der Waals surface area (Å²) in [7, 11) is 0. The number of fused-ring (bicyclic) bond motifs is 3. The first-order valence-electron chi connectivity index (χ1n) is 15.1. The van der Waals surface area contributed by atoms with Crippen molar-refractivity contribution in [3.8, 4) is 0 Å². The van der Waals surface area contributed by atoms with Crippen molar-refractivity contribution in [2.24, 2.45) is 22.7 Å². The molecule has 0 heterocycles. The van der Waals surface area contributed by atoms with Crippen molar-refractivity contribution in [1.29, 1.82) is 0 Å². The Bertz CT molecular complexity index is 1370. The lowest BCUT2D eigenvalue weighted by atomic mass is 9.49. The summed E-state index contributed by atoms with van der Waals surface area (Å²) >= 11 is 0. The van der Waals surface area contributed by atoms with E-state index in [1.165, 1.54) is 26.8 Å². The highest BCUT2D eigenvalue weighted by atomic mass is 16.6. The van der Waals surface area contributed by atoms with E-state index in [4.69, 9.17) is 18.9 Å². The van der Waals surface area contributed by atoms with Gasteiger partial charge in [-0.3, -0.25) is 14.4 Å². The van der Waals surface area contributed by atoms with Crippen LogP contribution < -0.4 is 0 Å². The molecule has 0 saturated heterocycles. The molecule has 2 saturated carbocycles. The molecule has 238 valence electrons. The Morgan fingerprint density at radius 3 is 2.11 bits per heavy atom. The van der Waals surface area contributed by atoms with Gasteiger partial charge in [-0.25, -0.2) is 4.79 Å². The van der Waals surface area contributed by atoms with Crippen molar-refractivity contribution in [3.63, 3.8) is 0 Å². The van der Waals surface area contributed by atoms with Gasteiger partial charge in [-0.05, 0) is 65.9 Å². The number of carbonyl (C=O) groups excluding carboxylic acids is 4. The van der Waals surface area contributed by atoms with E-state index < -0.39 is 77.1 Å². The molecule has 2 bridgehead atoms. The molecule has 0 aromatic heterocycles. The number of benzene rings is 1. The second kappa shape index (κ2) is 12.7. The van der Waals surface area contributed by atoms with Crippen LogP contribution in [0.25, 0.3) is 6.08 Å². The van der Waals surface area contributed by atoms with E-state index in [-0.39, 0.29) is 0 Å². The first-order chi connectivity index (χ1) is 20.6. The average molecular weight is 609 g/mol. The maximum absolute atomic E-state index is 12.9. The van der Waals surface area contributed by atoms with Crippen molar-refractivity contribution in [2.45, 2.75) is 98.2 Å². The van der Waals surface area contributed by atoms with Gasteiger partial charge in [0.2, 0.25) is 0 Å². The number of esters is 4. The fraction of sp³-hybridized carbons (Fsp3) is 0.543. The van der Waals surface area contributed by atoms with Gasteiger partial charge in [-0.2, -0.15) is 0 Å². The molecule has 9 heteroatoms. The minimum absolute atomic E-state index is 0.318. The SMILES string of the molecule is C=C1C(OC(=O)C=Cc2ccccc2)CC[C@@]2(C)C(OC(C)=O)C(OC(C)=O)C3=C(C)C(OC(C)=O)C[C@H](C(O)[C@@H]12)C3(C)C. The lowest BCUT2D eigenvalue weighted by molar-refractivity contribution is -0.198.